The van der Waals surface area contributed by atoms with Gasteiger partial charge in [0.25, 0.3) is 0 Å². The third kappa shape index (κ3) is 5.12. The van der Waals surface area contributed by atoms with Crippen LogP contribution in [0.15, 0.2) is 18.2 Å². The summed E-state index contributed by atoms with van der Waals surface area (Å²) >= 11 is 0. The number of likely N-dealkylation sites (N-methyl/N-ethyl adjacent to an activating group) is 1. The second-order valence-electron chi connectivity index (χ2n) is 6.54. The Bertz CT molecular complexity index is 420. The molecule has 1 aromatic rings. The maximum atomic E-state index is 3.70. The first kappa shape index (κ1) is 16.5. The Morgan fingerprint density at radius 1 is 1.05 bits per heavy atom. The normalized spacial score (nSPS) is 19.0. The number of hydrogen-bond acceptors (Lipinski definition) is 2. The number of nitrogens with zero attached hydrogens (tertiary/aromatic N) is 1. The van der Waals surface area contributed by atoms with Crippen molar-refractivity contribution < 1.29 is 0 Å². The van der Waals surface area contributed by atoms with Crippen LogP contribution in [0.1, 0.15) is 61.8 Å². The minimum atomic E-state index is 0.468. The first-order chi connectivity index (χ1) is 10.2. The van der Waals surface area contributed by atoms with Gasteiger partial charge in [-0.15, -0.1) is 0 Å². The van der Waals surface area contributed by atoms with E-state index in [1.807, 2.05) is 0 Å². The minimum absolute atomic E-state index is 0.468. The number of nitrogens with one attached hydrogen (secondary N) is 1. The van der Waals surface area contributed by atoms with Gasteiger partial charge in [-0.1, -0.05) is 49.9 Å². The molecule has 1 aromatic carbocycles. The Hall–Kier alpha value is -0.860. The van der Waals surface area contributed by atoms with E-state index < -0.39 is 0 Å². The van der Waals surface area contributed by atoms with Crippen LogP contribution < -0.4 is 5.32 Å². The summed E-state index contributed by atoms with van der Waals surface area (Å²) < 4.78 is 0. The number of benzene rings is 1. The Kier molecular flexibility index (Phi) is 6.72. The summed E-state index contributed by atoms with van der Waals surface area (Å²) in [6.07, 6.45) is 6.98. The Morgan fingerprint density at radius 3 is 2.33 bits per heavy atom. The maximum absolute atomic E-state index is 3.70. The number of rotatable bonds is 5. The van der Waals surface area contributed by atoms with Gasteiger partial charge < -0.3 is 10.2 Å². The molecule has 0 aliphatic carbocycles. The number of likely N-dealkylation sites (tertiary alicyclic amines) is 1. The van der Waals surface area contributed by atoms with E-state index in [0.29, 0.717) is 6.04 Å². The standard InChI is InChI=1S/C19H32N2/c1-4-20-19(18-11-10-16(2)14-17(18)3)15-21-12-8-6-5-7-9-13-21/h10-11,14,19-20H,4-9,12-13,15H2,1-3H3. The lowest BCUT2D eigenvalue weighted by Crippen LogP contribution is -2.37. The van der Waals surface area contributed by atoms with Crippen LogP contribution in [-0.4, -0.2) is 31.1 Å². The van der Waals surface area contributed by atoms with Gasteiger partial charge in [-0.25, -0.2) is 0 Å². The van der Waals surface area contributed by atoms with Gasteiger partial charge in [0.2, 0.25) is 0 Å². The van der Waals surface area contributed by atoms with Gasteiger partial charge in [0.1, 0.15) is 0 Å². The minimum Gasteiger partial charge on any atom is -0.309 e. The monoisotopic (exact) mass is 288 g/mol. The van der Waals surface area contributed by atoms with Crippen LogP contribution >= 0.6 is 0 Å². The van der Waals surface area contributed by atoms with Crippen molar-refractivity contribution in [2.45, 2.75) is 58.9 Å². The lowest BCUT2D eigenvalue weighted by Gasteiger charge is -2.30. The van der Waals surface area contributed by atoms with Crippen molar-refractivity contribution in [2.75, 3.05) is 26.2 Å². The zero-order chi connectivity index (χ0) is 15.1. The molecule has 0 aromatic heterocycles. The van der Waals surface area contributed by atoms with Gasteiger partial charge in [-0.05, 0) is 57.5 Å². The van der Waals surface area contributed by atoms with Crippen LogP contribution in [0.3, 0.4) is 0 Å². The van der Waals surface area contributed by atoms with Crippen molar-refractivity contribution in [3.8, 4) is 0 Å². The molecule has 2 rings (SSSR count). The molecule has 0 spiro atoms. The molecule has 0 saturated carbocycles. The summed E-state index contributed by atoms with van der Waals surface area (Å²) in [6.45, 7) is 11.4. The fraction of sp³-hybridized carbons (Fsp3) is 0.684. The predicted octanol–water partition coefficient (Wildman–Crippen LogP) is 4.22. The highest BCUT2D eigenvalue weighted by Gasteiger charge is 2.17. The molecule has 1 atom stereocenters. The van der Waals surface area contributed by atoms with E-state index in [-0.39, 0.29) is 0 Å². The summed E-state index contributed by atoms with van der Waals surface area (Å²) in [5.41, 5.74) is 4.26. The summed E-state index contributed by atoms with van der Waals surface area (Å²) in [7, 11) is 0. The first-order valence-electron chi connectivity index (χ1n) is 8.73. The fourth-order valence-corrected chi connectivity index (χ4v) is 3.49. The Morgan fingerprint density at radius 2 is 1.71 bits per heavy atom. The second-order valence-corrected chi connectivity index (χ2v) is 6.54. The van der Waals surface area contributed by atoms with Crippen LogP contribution in [0.2, 0.25) is 0 Å². The molecule has 0 bridgehead atoms. The van der Waals surface area contributed by atoms with E-state index >= 15 is 0 Å². The molecule has 1 unspecified atom stereocenters. The molecular weight excluding hydrogens is 256 g/mol. The number of hydrogen-bond donors (Lipinski definition) is 1. The van der Waals surface area contributed by atoms with E-state index in [4.69, 9.17) is 0 Å². The summed E-state index contributed by atoms with van der Waals surface area (Å²) in [4.78, 5) is 2.67. The summed E-state index contributed by atoms with van der Waals surface area (Å²) in [6, 6.07) is 7.35. The third-order valence-corrected chi connectivity index (χ3v) is 4.64. The van der Waals surface area contributed by atoms with Gasteiger partial charge in [0.15, 0.2) is 0 Å². The lowest BCUT2D eigenvalue weighted by molar-refractivity contribution is 0.222. The smallest absolute Gasteiger partial charge is 0.0451 e. The van der Waals surface area contributed by atoms with Crippen molar-refractivity contribution in [2.24, 2.45) is 0 Å². The average Bonchev–Trinajstić information content (AvgIpc) is 2.41. The van der Waals surface area contributed by atoms with E-state index in [2.05, 4.69) is 49.2 Å². The Labute approximate surface area is 130 Å². The van der Waals surface area contributed by atoms with Gasteiger partial charge in [-0.2, -0.15) is 0 Å². The zero-order valence-corrected chi connectivity index (χ0v) is 14.1. The van der Waals surface area contributed by atoms with Gasteiger partial charge >= 0.3 is 0 Å². The van der Waals surface area contributed by atoms with Gasteiger partial charge in [0, 0.05) is 12.6 Å². The molecule has 2 heteroatoms. The van der Waals surface area contributed by atoms with Crippen molar-refractivity contribution in [1.29, 1.82) is 0 Å². The van der Waals surface area contributed by atoms with Crippen molar-refractivity contribution in [3.63, 3.8) is 0 Å². The van der Waals surface area contributed by atoms with Crippen molar-refractivity contribution in [1.82, 2.24) is 10.2 Å². The highest BCUT2D eigenvalue weighted by Crippen LogP contribution is 2.21. The van der Waals surface area contributed by atoms with Crippen molar-refractivity contribution >= 4 is 0 Å². The van der Waals surface area contributed by atoms with Gasteiger partial charge in [0.05, 0.1) is 0 Å². The molecule has 1 aliphatic heterocycles. The highest BCUT2D eigenvalue weighted by molar-refractivity contribution is 5.33. The lowest BCUT2D eigenvalue weighted by atomic mass is 9.98. The average molecular weight is 288 g/mol. The molecule has 0 amide bonds. The molecule has 1 saturated heterocycles. The molecule has 1 heterocycles. The SMILES string of the molecule is CCNC(CN1CCCCCCC1)c1ccc(C)cc1C. The van der Waals surface area contributed by atoms with E-state index in [9.17, 15) is 0 Å². The van der Waals surface area contributed by atoms with Gasteiger partial charge in [-0.3, -0.25) is 0 Å². The molecule has 0 radical (unpaired) electrons. The zero-order valence-electron chi connectivity index (χ0n) is 14.1. The highest BCUT2D eigenvalue weighted by atomic mass is 15.1. The molecule has 1 fully saturated rings. The molecule has 1 N–H and O–H groups in total. The third-order valence-electron chi connectivity index (χ3n) is 4.64. The predicted molar refractivity (Wildman–Crippen MR) is 91.9 cm³/mol. The molecule has 21 heavy (non-hydrogen) atoms. The molecule has 1 aliphatic rings. The van der Waals surface area contributed by atoms with E-state index in [1.54, 1.807) is 0 Å². The van der Waals surface area contributed by atoms with Crippen LogP contribution in [0.25, 0.3) is 0 Å². The maximum Gasteiger partial charge on any atom is 0.0451 e. The van der Waals surface area contributed by atoms with E-state index in [1.165, 1.54) is 61.9 Å². The summed E-state index contributed by atoms with van der Waals surface area (Å²) in [5, 5.41) is 3.70. The van der Waals surface area contributed by atoms with Crippen molar-refractivity contribution in [3.05, 3.63) is 34.9 Å². The molecule has 118 valence electrons. The quantitative estimate of drug-likeness (QED) is 0.872. The van der Waals surface area contributed by atoms with E-state index in [0.717, 1.165) is 13.1 Å². The van der Waals surface area contributed by atoms with Crippen LogP contribution in [-0.2, 0) is 0 Å². The number of aryl methyl sites for hydroxylation is 2. The second kappa shape index (κ2) is 8.55. The van der Waals surface area contributed by atoms with Crippen LogP contribution in [0.4, 0.5) is 0 Å². The Balaban J connectivity index is 2.06. The molecular formula is C19H32N2. The fourth-order valence-electron chi connectivity index (χ4n) is 3.49. The molecule has 2 nitrogen and oxygen atoms in total. The summed E-state index contributed by atoms with van der Waals surface area (Å²) in [5.74, 6) is 0. The first-order valence-corrected chi connectivity index (χ1v) is 8.73. The largest absolute Gasteiger partial charge is 0.309 e. The van der Waals surface area contributed by atoms with Crippen LogP contribution in [0.5, 0.6) is 0 Å². The topological polar surface area (TPSA) is 15.3 Å². The van der Waals surface area contributed by atoms with Crippen LogP contribution in [0, 0.1) is 13.8 Å².